The summed E-state index contributed by atoms with van der Waals surface area (Å²) in [5.74, 6) is 0.522. The fourth-order valence-electron chi connectivity index (χ4n) is 2.76. The zero-order valence-corrected chi connectivity index (χ0v) is 15.6. The average Bonchev–Trinajstić information content (AvgIpc) is 3.10. The van der Waals surface area contributed by atoms with E-state index in [4.69, 9.17) is 5.14 Å². The van der Waals surface area contributed by atoms with Gasteiger partial charge in [0.05, 0.1) is 24.1 Å². The van der Waals surface area contributed by atoms with Crippen LogP contribution in [0.3, 0.4) is 0 Å². The molecule has 29 heavy (non-hydrogen) atoms. The summed E-state index contributed by atoms with van der Waals surface area (Å²) in [5, 5.41) is 14.3. The number of hydrogen-bond donors (Lipinski definition) is 1. The summed E-state index contributed by atoms with van der Waals surface area (Å²) in [7, 11) is -4.11. The Bertz CT molecular complexity index is 1340. The summed E-state index contributed by atoms with van der Waals surface area (Å²) in [6.07, 6.45) is 4.77. The number of nitrogens with two attached hydrogens (primary N) is 1. The van der Waals surface area contributed by atoms with Gasteiger partial charge in [0.1, 0.15) is 23.2 Å². The second-order valence-corrected chi connectivity index (χ2v) is 7.13. The predicted molar refractivity (Wildman–Crippen MR) is 103 cm³/mol. The van der Waals surface area contributed by atoms with Gasteiger partial charge in [-0.05, 0) is 36.4 Å². The van der Waals surface area contributed by atoms with Crippen molar-refractivity contribution in [3.63, 3.8) is 0 Å². The molecular formula is C18H13N7O3S. The van der Waals surface area contributed by atoms with Gasteiger partial charge in [-0.2, -0.15) is 18.8 Å². The number of imidazole rings is 1. The average molecular weight is 407 g/mol. The molecule has 0 amide bonds. The van der Waals surface area contributed by atoms with Crippen molar-refractivity contribution in [2.24, 2.45) is 5.14 Å². The Kier molecular flexibility index (Phi) is 4.63. The van der Waals surface area contributed by atoms with E-state index in [2.05, 4.69) is 30.2 Å². The molecule has 3 heterocycles. The molecule has 4 rings (SSSR count). The van der Waals surface area contributed by atoms with E-state index in [0.29, 0.717) is 29.3 Å². The largest absolute Gasteiger partial charge is 0.380 e. The third-order valence-corrected chi connectivity index (χ3v) is 4.41. The molecule has 1 aromatic carbocycles. The van der Waals surface area contributed by atoms with Crippen LogP contribution < -0.4 is 9.32 Å². The van der Waals surface area contributed by atoms with Gasteiger partial charge in [-0.3, -0.25) is 0 Å². The highest BCUT2D eigenvalue weighted by Crippen LogP contribution is 2.24. The van der Waals surface area contributed by atoms with Gasteiger partial charge in [-0.1, -0.05) is 0 Å². The fourth-order valence-corrected chi connectivity index (χ4v) is 3.14. The van der Waals surface area contributed by atoms with Crippen LogP contribution >= 0.6 is 0 Å². The van der Waals surface area contributed by atoms with Gasteiger partial charge in [-0.25, -0.2) is 19.9 Å². The van der Waals surface area contributed by atoms with Crippen LogP contribution in [-0.2, 0) is 16.8 Å². The Morgan fingerprint density at radius 2 is 1.93 bits per heavy atom. The van der Waals surface area contributed by atoms with E-state index in [1.165, 1.54) is 18.3 Å². The Morgan fingerprint density at radius 1 is 1.14 bits per heavy atom. The summed E-state index contributed by atoms with van der Waals surface area (Å²) in [4.78, 5) is 17.4. The van der Waals surface area contributed by atoms with Crippen molar-refractivity contribution in [2.75, 3.05) is 0 Å². The minimum atomic E-state index is -4.11. The molecular weight excluding hydrogens is 394 g/mol. The monoisotopic (exact) mass is 407 g/mol. The number of benzene rings is 1. The van der Waals surface area contributed by atoms with Gasteiger partial charge in [0.15, 0.2) is 5.65 Å². The molecule has 144 valence electrons. The van der Waals surface area contributed by atoms with Gasteiger partial charge in [-0.15, -0.1) is 0 Å². The van der Waals surface area contributed by atoms with Crippen molar-refractivity contribution in [2.45, 2.75) is 6.54 Å². The first-order valence-corrected chi connectivity index (χ1v) is 9.74. The molecule has 0 saturated heterocycles. The smallest absolute Gasteiger partial charge is 0.371 e. The summed E-state index contributed by atoms with van der Waals surface area (Å²) in [6.45, 7) is 0.318. The van der Waals surface area contributed by atoms with E-state index in [1.807, 2.05) is 10.6 Å². The zero-order valence-electron chi connectivity index (χ0n) is 14.8. The molecule has 0 aliphatic heterocycles. The summed E-state index contributed by atoms with van der Waals surface area (Å²) in [5.41, 5.74) is 2.75. The highest BCUT2D eigenvalue weighted by atomic mass is 32.2. The van der Waals surface area contributed by atoms with Crippen molar-refractivity contribution >= 4 is 21.5 Å². The van der Waals surface area contributed by atoms with Gasteiger partial charge in [0.2, 0.25) is 0 Å². The number of pyridine rings is 1. The highest BCUT2D eigenvalue weighted by Gasteiger charge is 2.12. The van der Waals surface area contributed by atoms with Gasteiger partial charge in [0, 0.05) is 18.0 Å². The first-order chi connectivity index (χ1) is 13.9. The predicted octanol–water partition coefficient (Wildman–Crippen LogP) is 1.39. The lowest BCUT2D eigenvalue weighted by Crippen LogP contribution is -2.18. The van der Waals surface area contributed by atoms with E-state index in [1.54, 1.807) is 30.7 Å². The Labute approximate surface area is 165 Å². The standard InChI is InChI=1S/C18H13N7O3S/c19-8-13-9-22-16(10-25-11-23-15-2-1-7-21-18(15)25)24-17(13)12-3-5-14(6-4-12)28-29(20,26)27/h1-7,9,11H,10H2,(H2,20,26,27). The molecule has 4 aromatic rings. The maximum atomic E-state index is 11.0. The Morgan fingerprint density at radius 3 is 2.66 bits per heavy atom. The lowest BCUT2D eigenvalue weighted by Gasteiger charge is -2.08. The molecule has 2 N–H and O–H groups in total. The molecule has 3 aromatic heterocycles. The minimum Gasteiger partial charge on any atom is -0.371 e. The van der Waals surface area contributed by atoms with Gasteiger partial charge < -0.3 is 8.75 Å². The molecule has 0 saturated carbocycles. The molecule has 0 aliphatic carbocycles. The van der Waals surface area contributed by atoms with Crippen molar-refractivity contribution < 1.29 is 12.6 Å². The second kappa shape index (κ2) is 7.27. The van der Waals surface area contributed by atoms with Gasteiger partial charge in [0.25, 0.3) is 0 Å². The quantitative estimate of drug-likeness (QED) is 0.521. The van der Waals surface area contributed by atoms with Crippen molar-refractivity contribution in [1.29, 1.82) is 5.26 Å². The number of hydrogen-bond acceptors (Lipinski definition) is 8. The summed E-state index contributed by atoms with van der Waals surface area (Å²) in [6, 6.07) is 11.7. The normalized spacial score (nSPS) is 11.3. The van der Waals surface area contributed by atoms with Crippen molar-refractivity contribution in [3.05, 3.63) is 66.5 Å². The highest BCUT2D eigenvalue weighted by molar-refractivity contribution is 7.84. The molecule has 0 fully saturated rings. The van der Waals surface area contributed by atoms with E-state index in [0.717, 1.165) is 5.52 Å². The van der Waals surface area contributed by atoms with Crippen LogP contribution in [0.1, 0.15) is 11.4 Å². The molecule has 0 atom stereocenters. The summed E-state index contributed by atoms with van der Waals surface area (Å²) < 4.78 is 28.5. The van der Waals surface area contributed by atoms with Crippen LogP contribution in [0.15, 0.2) is 55.1 Å². The van der Waals surface area contributed by atoms with Crippen LogP contribution in [0.5, 0.6) is 5.75 Å². The Hall–Kier alpha value is -3.88. The summed E-state index contributed by atoms with van der Waals surface area (Å²) >= 11 is 0. The van der Waals surface area contributed by atoms with E-state index in [-0.39, 0.29) is 11.3 Å². The van der Waals surface area contributed by atoms with Crippen LogP contribution in [0.25, 0.3) is 22.4 Å². The first-order valence-electron chi connectivity index (χ1n) is 8.27. The number of nitriles is 1. The van der Waals surface area contributed by atoms with E-state index < -0.39 is 10.3 Å². The SMILES string of the molecule is N#Cc1cnc(Cn2cnc3cccnc32)nc1-c1ccc(OS(N)(=O)=O)cc1. The molecule has 0 unspecified atom stereocenters. The molecule has 0 bridgehead atoms. The lowest BCUT2D eigenvalue weighted by molar-refractivity contribution is 0.488. The molecule has 0 aliphatic rings. The van der Waals surface area contributed by atoms with Crippen LogP contribution in [0.4, 0.5) is 0 Å². The maximum Gasteiger partial charge on any atom is 0.380 e. The number of aromatic nitrogens is 5. The maximum absolute atomic E-state index is 11.0. The lowest BCUT2D eigenvalue weighted by atomic mass is 10.1. The minimum absolute atomic E-state index is 0.0556. The van der Waals surface area contributed by atoms with E-state index in [9.17, 15) is 13.7 Å². The number of nitrogens with zero attached hydrogens (tertiary/aromatic N) is 6. The second-order valence-electron chi connectivity index (χ2n) is 5.98. The molecule has 10 nitrogen and oxygen atoms in total. The van der Waals surface area contributed by atoms with Crippen LogP contribution in [-0.4, -0.2) is 32.9 Å². The Balaban J connectivity index is 1.68. The third kappa shape index (κ3) is 4.03. The molecule has 0 spiro atoms. The topological polar surface area (TPSA) is 150 Å². The first kappa shape index (κ1) is 18.5. The van der Waals surface area contributed by atoms with Crippen molar-refractivity contribution in [1.82, 2.24) is 24.5 Å². The van der Waals surface area contributed by atoms with Crippen LogP contribution in [0, 0.1) is 11.3 Å². The van der Waals surface area contributed by atoms with Gasteiger partial charge >= 0.3 is 10.3 Å². The zero-order chi connectivity index (χ0) is 20.4. The molecule has 0 radical (unpaired) electrons. The molecule has 11 heteroatoms. The van der Waals surface area contributed by atoms with Crippen LogP contribution in [0.2, 0.25) is 0 Å². The van der Waals surface area contributed by atoms with E-state index >= 15 is 0 Å². The number of fused-ring (bicyclic) bond motifs is 1. The third-order valence-electron chi connectivity index (χ3n) is 3.99. The van der Waals surface area contributed by atoms with Crippen molar-refractivity contribution in [3.8, 4) is 23.1 Å². The number of rotatable bonds is 5. The fraction of sp³-hybridized carbons (Fsp3) is 0.0556.